The van der Waals surface area contributed by atoms with Crippen molar-refractivity contribution in [1.82, 2.24) is 14.9 Å². The maximum Gasteiger partial charge on any atom is 0.323 e. The van der Waals surface area contributed by atoms with E-state index in [2.05, 4.69) is 10.6 Å². The van der Waals surface area contributed by atoms with E-state index < -0.39 is 51.3 Å². The SMILES string of the molecule is O=C(NC(CC1CCCCC1)C(=O)N[C@H]1CCCN(S(=O)(=O)c2cccc[n+]2[O-])CC1=O)c1ccoc1. The first-order chi connectivity index (χ1) is 17.8. The molecule has 2 aliphatic rings. The molecule has 3 heterocycles. The fourth-order valence-electron chi connectivity index (χ4n) is 4.99. The number of nitrogens with one attached hydrogen (secondary N) is 2. The molecule has 1 saturated heterocycles. The quantitative estimate of drug-likeness (QED) is 0.386. The number of carbonyl (C=O) groups is 3. The highest BCUT2D eigenvalue weighted by molar-refractivity contribution is 7.89. The Bertz CT molecular complexity index is 1210. The van der Waals surface area contributed by atoms with Crippen LogP contribution in [0.15, 0.2) is 52.4 Å². The first-order valence-corrected chi connectivity index (χ1v) is 14.0. The molecule has 200 valence electrons. The smallest absolute Gasteiger partial charge is 0.323 e. The number of pyridine rings is 1. The van der Waals surface area contributed by atoms with Crippen molar-refractivity contribution in [3.63, 3.8) is 0 Å². The van der Waals surface area contributed by atoms with Gasteiger partial charge in [0.2, 0.25) is 5.91 Å². The van der Waals surface area contributed by atoms with Gasteiger partial charge in [0.05, 0.1) is 24.4 Å². The lowest BCUT2D eigenvalue weighted by atomic mass is 9.84. The summed E-state index contributed by atoms with van der Waals surface area (Å²) in [5.41, 5.74) is 0.296. The van der Waals surface area contributed by atoms with Gasteiger partial charge in [-0.1, -0.05) is 32.1 Å². The molecule has 4 rings (SSSR count). The Morgan fingerprint density at radius 1 is 1.14 bits per heavy atom. The van der Waals surface area contributed by atoms with E-state index in [1.165, 1.54) is 36.8 Å². The molecule has 1 saturated carbocycles. The fraction of sp³-hybridized carbons (Fsp3) is 0.520. The second-order valence-electron chi connectivity index (χ2n) is 9.65. The van der Waals surface area contributed by atoms with Crippen LogP contribution in [0.4, 0.5) is 0 Å². The molecular weight excluding hydrogens is 500 g/mol. The Kier molecular flexibility index (Phi) is 8.59. The van der Waals surface area contributed by atoms with Gasteiger partial charge in [0, 0.05) is 18.7 Å². The van der Waals surface area contributed by atoms with Crippen molar-refractivity contribution in [2.24, 2.45) is 5.92 Å². The van der Waals surface area contributed by atoms with E-state index >= 15 is 0 Å². The molecule has 12 heteroatoms. The number of nitrogens with zero attached hydrogens (tertiary/aromatic N) is 2. The number of rotatable bonds is 8. The van der Waals surface area contributed by atoms with Gasteiger partial charge in [-0.25, -0.2) is 8.42 Å². The second kappa shape index (κ2) is 11.9. The predicted octanol–water partition coefficient (Wildman–Crippen LogP) is 1.52. The Morgan fingerprint density at radius 2 is 1.92 bits per heavy atom. The number of amides is 2. The Balaban J connectivity index is 1.44. The monoisotopic (exact) mass is 532 g/mol. The van der Waals surface area contributed by atoms with Crippen LogP contribution in [0.1, 0.15) is 61.7 Å². The van der Waals surface area contributed by atoms with Gasteiger partial charge in [-0.3, -0.25) is 14.4 Å². The number of sulfonamides is 1. The zero-order valence-electron chi connectivity index (χ0n) is 20.5. The molecule has 1 unspecified atom stereocenters. The summed E-state index contributed by atoms with van der Waals surface area (Å²) in [6, 6.07) is 3.81. The van der Waals surface area contributed by atoms with Crippen molar-refractivity contribution in [2.45, 2.75) is 68.5 Å². The van der Waals surface area contributed by atoms with Crippen molar-refractivity contribution >= 4 is 27.6 Å². The summed E-state index contributed by atoms with van der Waals surface area (Å²) in [7, 11) is -4.19. The maximum atomic E-state index is 13.3. The van der Waals surface area contributed by atoms with E-state index in [4.69, 9.17) is 4.42 Å². The van der Waals surface area contributed by atoms with Crippen molar-refractivity contribution in [2.75, 3.05) is 13.1 Å². The van der Waals surface area contributed by atoms with Gasteiger partial charge in [-0.15, -0.1) is 0 Å². The summed E-state index contributed by atoms with van der Waals surface area (Å²) in [5, 5.41) is 17.1. The van der Waals surface area contributed by atoms with Gasteiger partial charge < -0.3 is 20.3 Å². The van der Waals surface area contributed by atoms with E-state index in [0.29, 0.717) is 18.4 Å². The average molecular weight is 533 g/mol. The van der Waals surface area contributed by atoms with Crippen molar-refractivity contribution in [3.8, 4) is 0 Å². The number of Topliss-reactive ketones (excluding diaryl/α,β-unsaturated/α-hetero) is 1. The van der Waals surface area contributed by atoms with Crippen molar-refractivity contribution in [3.05, 3.63) is 53.8 Å². The van der Waals surface area contributed by atoms with Gasteiger partial charge in [-0.2, -0.15) is 9.04 Å². The third-order valence-corrected chi connectivity index (χ3v) is 8.87. The topological polar surface area (TPSA) is 153 Å². The molecule has 2 amide bonds. The van der Waals surface area contributed by atoms with Crippen LogP contribution in [0, 0.1) is 11.1 Å². The standard InChI is InChI=1S/C25H32N4O7S/c30-22-16-28(37(34,35)23-10-4-5-13-29(23)33)12-6-9-20(22)26-25(32)21(15-18-7-2-1-3-8-18)27-24(31)19-11-14-36-17-19/h4-5,10-11,13-14,17-18,20-21H,1-3,6-9,12,15-16H2,(H,26,32)(H,27,31)/t20-,21?/m0/s1. The van der Waals surface area contributed by atoms with Crippen molar-refractivity contribution in [1.29, 1.82) is 0 Å². The van der Waals surface area contributed by atoms with Crippen LogP contribution < -0.4 is 15.4 Å². The minimum Gasteiger partial charge on any atom is -0.618 e. The predicted molar refractivity (Wildman–Crippen MR) is 131 cm³/mol. The summed E-state index contributed by atoms with van der Waals surface area (Å²) in [4.78, 5) is 39.0. The summed E-state index contributed by atoms with van der Waals surface area (Å²) in [6.07, 6.45) is 10.0. The molecule has 2 N–H and O–H groups in total. The van der Waals surface area contributed by atoms with Gasteiger partial charge >= 0.3 is 15.0 Å². The first kappa shape index (κ1) is 26.8. The molecule has 0 aromatic carbocycles. The molecule has 0 radical (unpaired) electrons. The van der Waals surface area contributed by atoms with Crippen LogP contribution in [-0.4, -0.2) is 55.5 Å². The van der Waals surface area contributed by atoms with Crippen molar-refractivity contribution < 1.29 is 31.9 Å². The molecule has 2 aromatic heterocycles. The number of carbonyl (C=O) groups excluding carboxylic acids is 3. The lowest BCUT2D eigenvalue weighted by molar-refractivity contribution is -0.646. The molecule has 37 heavy (non-hydrogen) atoms. The number of ketones is 1. The minimum absolute atomic E-state index is 0.0397. The van der Waals surface area contributed by atoms with Crippen LogP contribution in [0.25, 0.3) is 0 Å². The molecule has 11 nitrogen and oxygen atoms in total. The number of hydrogen-bond donors (Lipinski definition) is 2. The maximum absolute atomic E-state index is 13.3. The summed E-state index contributed by atoms with van der Waals surface area (Å²) < 4.78 is 32.2. The third kappa shape index (κ3) is 6.55. The van der Waals surface area contributed by atoms with E-state index in [1.54, 1.807) is 0 Å². The third-order valence-electron chi connectivity index (χ3n) is 7.03. The van der Waals surface area contributed by atoms with Gasteiger partial charge in [-0.05, 0) is 37.3 Å². The van der Waals surface area contributed by atoms with Crippen LogP contribution in [0.3, 0.4) is 0 Å². The Hall–Kier alpha value is -3.25. The highest BCUT2D eigenvalue weighted by Crippen LogP contribution is 2.27. The molecular formula is C25H32N4O7S. The normalized spacial score (nSPS) is 20.6. The highest BCUT2D eigenvalue weighted by Gasteiger charge is 2.37. The van der Waals surface area contributed by atoms with Crippen LogP contribution in [0.5, 0.6) is 0 Å². The van der Waals surface area contributed by atoms with E-state index in [9.17, 15) is 28.0 Å². The Labute approximate surface area is 215 Å². The molecule has 1 aliphatic heterocycles. The lowest BCUT2D eigenvalue weighted by Crippen LogP contribution is -2.53. The highest BCUT2D eigenvalue weighted by atomic mass is 32.2. The minimum atomic E-state index is -4.19. The molecule has 1 aliphatic carbocycles. The fourth-order valence-corrected chi connectivity index (χ4v) is 6.46. The first-order valence-electron chi connectivity index (χ1n) is 12.6. The summed E-state index contributed by atoms with van der Waals surface area (Å²) in [6.45, 7) is -0.422. The van der Waals surface area contributed by atoms with E-state index in [-0.39, 0.29) is 23.6 Å². The molecule has 2 atom stereocenters. The molecule has 2 fully saturated rings. The second-order valence-corrected chi connectivity index (χ2v) is 11.5. The number of aromatic nitrogens is 1. The van der Waals surface area contributed by atoms with Gasteiger partial charge in [0.15, 0.2) is 12.0 Å². The van der Waals surface area contributed by atoms with E-state index in [1.807, 2.05) is 0 Å². The number of hydrogen-bond acceptors (Lipinski definition) is 7. The van der Waals surface area contributed by atoms with Crippen LogP contribution in [0.2, 0.25) is 0 Å². The average Bonchev–Trinajstić information content (AvgIpc) is 3.36. The number of furan rings is 1. The summed E-state index contributed by atoms with van der Waals surface area (Å²) >= 11 is 0. The van der Waals surface area contributed by atoms with Crippen LogP contribution >= 0.6 is 0 Å². The molecule has 0 bridgehead atoms. The zero-order valence-corrected chi connectivity index (χ0v) is 21.3. The summed E-state index contributed by atoms with van der Waals surface area (Å²) in [5.74, 6) is -1.11. The molecule has 0 spiro atoms. The zero-order chi connectivity index (χ0) is 26.4. The Morgan fingerprint density at radius 3 is 2.62 bits per heavy atom. The van der Waals surface area contributed by atoms with Crippen LogP contribution in [-0.2, 0) is 19.6 Å². The molecule has 2 aromatic rings. The largest absolute Gasteiger partial charge is 0.618 e. The lowest BCUT2D eigenvalue weighted by Gasteiger charge is -2.27. The van der Waals surface area contributed by atoms with E-state index in [0.717, 1.165) is 42.6 Å². The van der Waals surface area contributed by atoms with Gasteiger partial charge in [0.25, 0.3) is 5.91 Å². The van der Waals surface area contributed by atoms with Gasteiger partial charge in [0.1, 0.15) is 12.3 Å².